The Hall–Kier alpha value is -1.75. The smallest absolute Gasteiger partial charge is 0.328 e. The van der Waals surface area contributed by atoms with Gasteiger partial charge < -0.3 is 10.4 Å². The van der Waals surface area contributed by atoms with Gasteiger partial charge in [-0.3, -0.25) is 4.79 Å². The van der Waals surface area contributed by atoms with Crippen LogP contribution >= 0.6 is 11.8 Å². The summed E-state index contributed by atoms with van der Waals surface area (Å²) < 4.78 is -0.339. The minimum absolute atomic E-state index is 0.0435. The van der Waals surface area contributed by atoms with E-state index >= 15 is 0 Å². The molecule has 0 radical (unpaired) electrons. The molecular weight excluding hydrogens is 286 g/mol. The predicted molar refractivity (Wildman–Crippen MR) is 86.6 cm³/mol. The lowest BCUT2D eigenvalue weighted by Gasteiger charge is -2.22. The topological polar surface area (TPSA) is 66.4 Å². The van der Waals surface area contributed by atoms with Crippen molar-refractivity contribution in [2.45, 2.75) is 31.4 Å². The molecule has 1 aromatic carbocycles. The number of aliphatic carboxylic acids is 1. The van der Waals surface area contributed by atoms with E-state index in [4.69, 9.17) is 5.11 Å². The second-order valence-corrected chi connectivity index (χ2v) is 6.98. The van der Waals surface area contributed by atoms with Crippen molar-refractivity contribution in [3.8, 4) is 0 Å². The zero-order chi connectivity index (χ0) is 15.5. The van der Waals surface area contributed by atoms with Crippen LogP contribution < -0.4 is 5.32 Å². The molecule has 2 rings (SSSR count). The van der Waals surface area contributed by atoms with Gasteiger partial charge in [-0.15, -0.1) is 11.8 Å². The quantitative estimate of drug-likeness (QED) is 0.838. The molecule has 1 aliphatic rings. The number of thioether (sulfide) groups is 1. The van der Waals surface area contributed by atoms with Crippen LogP contribution in [0.1, 0.15) is 30.9 Å². The molecule has 1 amide bonds. The Balaban J connectivity index is 2.11. The molecule has 112 valence electrons. The number of rotatable bonds is 4. The Kier molecular flexibility index (Phi) is 4.73. The molecule has 0 saturated carbocycles. The van der Waals surface area contributed by atoms with Crippen LogP contribution in [0, 0.1) is 6.92 Å². The number of carbonyl (C=O) groups excluding carboxylic acids is 1. The van der Waals surface area contributed by atoms with Crippen LogP contribution in [-0.4, -0.2) is 27.5 Å². The molecule has 2 N–H and O–H groups in total. The van der Waals surface area contributed by atoms with Crippen molar-refractivity contribution in [3.05, 3.63) is 35.4 Å². The first-order valence-corrected chi connectivity index (χ1v) is 7.86. The van der Waals surface area contributed by atoms with E-state index < -0.39 is 5.97 Å². The molecular formula is C16H19NO3S. The van der Waals surface area contributed by atoms with Gasteiger partial charge in [0.1, 0.15) is 0 Å². The zero-order valence-corrected chi connectivity index (χ0v) is 13.0. The lowest BCUT2D eigenvalue weighted by Crippen LogP contribution is -2.34. The minimum Gasteiger partial charge on any atom is -0.478 e. The minimum atomic E-state index is -0.976. The third-order valence-corrected chi connectivity index (χ3v) is 5.14. The number of carbonyl (C=O) groups is 2. The number of hydrogen-bond acceptors (Lipinski definition) is 3. The summed E-state index contributed by atoms with van der Waals surface area (Å²) in [6, 6.07) is 5.48. The van der Waals surface area contributed by atoms with E-state index in [0.717, 1.165) is 41.5 Å². The largest absolute Gasteiger partial charge is 0.478 e. The molecule has 1 aromatic rings. The molecule has 1 heterocycles. The maximum Gasteiger partial charge on any atom is 0.328 e. The molecule has 1 saturated heterocycles. The number of carboxylic acid groups (broad SMARTS) is 1. The van der Waals surface area contributed by atoms with Crippen LogP contribution in [0.25, 0.3) is 6.08 Å². The predicted octanol–water partition coefficient (Wildman–Crippen LogP) is 3.32. The number of aryl methyl sites for hydroxylation is 1. The van der Waals surface area contributed by atoms with E-state index in [1.54, 1.807) is 17.8 Å². The molecule has 0 spiro atoms. The van der Waals surface area contributed by atoms with E-state index in [1.807, 2.05) is 26.0 Å². The lowest BCUT2D eigenvalue weighted by atomic mass is 10.0. The first-order chi connectivity index (χ1) is 9.90. The summed E-state index contributed by atoms with van der Waals surface area (Å²) in [7, 11) is 0. The summed E-state index contributed by atoms with van der Waals surface area (Å²) in [4.78, 5) is 22.9. The van der Waals surface area contributed by atoms with Crippen LogP contribution in [0.5, 0.6) is 0 Å². The molecule has 0 aromatic heterocycles. The highest BCUT2D eigenvalue weighted by Gasteiger charge is 2.37. The van der Waals surface area contributed by atoms with Gasteiger partial charge in [0.05, 0.1) is 4.75 Å². The van der Waals surface area contributed by atoms with Gasteiger partial charge in [-0.2, -0.15) is 0 Å². The van der Waals surface area contributed by atoms with Gasteiger partial charge in [0, 0.05) is 11.8 Å². The fraction of sp³-hybridized carbons (Fsp3) is 0.375. The van der Waals surface area contributed by atoms with Crippen LogP contribution in [0.3, 0.4) is 0 Å². The molecule has 1 aliphatic heterocycles. The third-order valence-electron chi connectivity index (χ3n) is 3.62. The van der Waals surface area contributed by atoms with Gasteiger partial charge in [0.15, 0.2) is 0 Å². The fourth-order valence-corrected chi connectivity index (χ4v) is 3.52. The van der Waals surface area contributed by atoms with Crippen molar-refractivity contribution >= 4 is 35.4 Å². The number of amides is 1. The number of carboxylic acids is 1. The number of benzene rings is 1. The summed E-state index contributed by atoms with van der Waals surface area (Å²) in [5.41, 5.74) is 2.50. The van der Waals surface area contributed by atoms with E-state index in [0.29, 0.717) is 0 Å². The summed E-state index contributed by atoms with van der Waals surface area (Å²) in [5.74, 6) is 0.0973. The Bertz CT molecular complexity index is 589. The van der Waals surface area contributed by atoms with Gasteiger partial charge in [-0.05, 0) is 61.8 Å². The Morgan fingerprint density at radius 2 is 2.19 bits per heavy atom. The van der Waals surface area contributed by atoms with E-state index in [2.05, 4.69) is 5.32 Å². The zero-order valence-electron chi connectivity index (χ0n) is 12.2. The van der Waals surface area contributed by atoms with Crippen molar-refractivity contribution in [2.24, 2.45) is 0 Å². The van der Waals surface area contributed by atoms with Crippen molar-refractivity contribution in [2.75, 3.05) is 11.1 Å². The summed E-state index contributed by atoms with van der Waals surface area (Å²) in [6.45, 7) is 3.89. The van der Waals surface area contributed by atoms with Gasteiger partial charge in [-0.25, -0.2) is 4.79 Å². The average molecular weight is 305 g/mol. The standard InChI is InChI=1S/C16H19NO3S/c1-11-10-12(5-7-14(18)19)4-6-13(11)17-15(20)16(2)8-3-9-21-16/h4-7,10H,3,8-9H2,1-2H3,(H,17,20)(H,18,19)/b7-5+. The summed E-state index contributed by atoms with van der Waals surface area (Å²) in [6.07, 6.45) is 4.62. The van der Waals surface area contributed by atoms with Gasteiger partial charge in [0.2, 0.25) is 5.91 Å². The maximum absolute atomic E-state index is 12.4. The normalized spacial score (nSPS) is 21.6. The average Bonchev–Trinajstić information content (AvgIpc) is 2.87. The Morgan fingerprint density at radius 1 is 1.43 bits per heavy atom. The molecule has 1 fully saturated rings. The van der Waals surface area contributed by atoms with Crippen molar-refractivity contribution in [3.63, 3.8) is 0 Å². The fourth-order valence-electron chi connectivity index (χ4n) is 2.31. The Labute approximate surface area is 128 Å². The van der Waals surface area contributed by atoms with E-state index in [9.17, 15) is 9.59 Å². The molecule has 0 bridgehead atoms. The molecule has 21 heavy (non-hydrogen) atoms. The van der Waals surface area contributed by atoms with Crippen LogP contribution in [0.15, 0.2) is 24.3 Å². The number of hydrogen-bond donors (Lipinski definition) is 2. The number of nitrogens with one attached hydrogen (secondary N) is 1. The second kappa shape index (κ2) is 6.35. The van der Waals surface area contributed by atoms with Crippen LogP contribution in [-0.2, 0) is 9.59 Å². The highest BCUT2D eigenvalue weighted by atomic mass is 32.2. The van der Waals surface area contributed by atoms with Crippen molar-refractivity contribution in [1.29, 1.82) is 0 Å². The second-order valence-electron chi connectivity index (χ2n) is 5.38. The van der Waals surface area contributed by atoms with E-state index in [-0.39, 0.29) is 10.7 Å². The maximum atomic E-state index is 12.4. The molecule has 5 heteroatoms. The molecule has 0 aliphatic carbocycles. The number of anilines is 1. The first kappa shape index (κ1) is 15.6. The van der Waals surface area contributed by atoms with Crippen molar-refractivity contribution in [1.82, 2.24) is 0 Å². The Morgan fingerprint density at radius 3 is 2.76 bits per heavy atom. The highest BCUT2D eigenvalue weighted by Crippen LogP contribution is 2.38. The van der Waals surface area contributed by atoms with E-state index in [1.165, 1.54) is 6.08 Å². The molecule has 1 unspecified atom stereocenters. The van der Waals surface area contributed by atoms with Crippen molar-refractivity contribution < 1.29 is 14.7 Å². The SMILES string of the molecule is Cc1cc(/C=C/C(=O)O)ccc1NC(=O)C1(C)CCCS1. The highest BCUT2D eigenvalue weighted by molar-refractivity contribution is 8.01. The van der Waals surface area contributed by atoms with Gasteiger partial charge in [-0.1, -0.05) is 6.07 Å². The van der Waals surface area contributed by atoms with Crippen LogP contribution in [0.4, 0.5) is 5.69 Å². The summed E-state index contributed by atoms with van der Waals surface area (Å²) in [5, 5.41) is 11.6. The first-order valence-electron chi connectivity index (χ1n) is 6.88. The monoisotopic (exact) mass is 305 g/mol. The third kappa shape index (κ3) is 3.88. The summed E-state index contributed by atoms with van der Waals surface area (Å²) >= 11 is 1.70. The molecule has 4 nitrogen and oxygen atoms in total. The lowest BCUT2D eigenvalue weighted by molar-refractivity contribution is -0.131. The van der Waals surface area contributed by atoms with Gasteiger partial charge >= 0.3 is 5.97 Å². The van der Waals surface area contributed by atoms with Crippen LogP contribution in [0.2, 0.25) is 0 Å². The molecule has 1 atom stereocenters. The van der Waals surface area contributed by atoms with Gasteiger partial charge in [0.25, 0.3) is 0 Å².